The van der Waals surface area contributed by atoms with Crippen LogP contribution in [0.3, 0.4) is 0 Å². The number of halogens is 4. The molecule has 0 aliphatic carbocycles. The molecule has 0 saturated heterocycles. The molecule has 0 aliphatic rings. The highest BCUT2D eigenvalue weighted by Gasteiger charge is 2.30. The number of rotatable bonds is 5. The summed E-state index contributed by atoms with van der Waals surface area (Å²) in [5.74, 6) is 0. The minimum atomic E-state index is -3.54. The average molecular weight is 280 g/mol. The predicted molar refractivity (Wildman–Crippen MR) is 48.7 cm³/mol. The zero-order chi connectivity index (χ0) is 14.6. The van der Waals surface area contributed by atoms with Crippen LogP contribution in [-0.4, -0.2) is 43.7 Å². The number of carboxylic acid groups (broad SMARTS) is 1. The Bertz CT molecular complexity index is 248. The van der Waals surface area contributed by atoms with Crippen LogP contribution < -0.4 is 0 Å². The fourth-order valence-electron chi connectivity index (χ4n) is 0.408. The van der Waals surface area contributed by atoms with Crippen LogP contribution >= 0.6 is 0 Å². The van der Waals surface area contributed by atoms with Crippen molar-refractivity contribution in [2.75, 3.05) is 20.1 Å². The van der Waals surface area contributed by atoms with Gasteiger partial charge in [0.25, 0.3) is 0 Å². The standard InChI is InChI=1S/2C4H6F2O3/c5-1-2-8-4(7)9-3-6;1-2-4(5,6)9-3(7)8/h1-3H2;2H2,1H3,(H,7,8). The number of hydrogen-bond acceptors (Lipinski definition) is 5. The number of carbonyl (C=O) groups excluding carboxylic acids is 1. The molecule has 0 radical (unpaired) electrons. The molecule has 0 aliphatic heterocycles. The molecule has 0 rings (SSSR count). The van der Waals surface area contributed by atoms with Gasteiger partial charge in [-0.2, -0.15) is 8.78 Å². The van der Waals surface area contributed by atoms with Gasteiger partial charge in [0.15, 0.2) is 0 Å². The fourth-order valence-corrected chi connectivity index (χ4v) is 0.408. The second kappa shape index (κ2) is 10.4. The highest BCUT2D eigenvalue weighted by atomic mass is 19.3. The molecule has 0 atom stereocenters. The van der Waals surface area contributed by atoms with E-state index >= 15 is 0 Å². The van der Waals surface area contributed by atoms with Crippen molar-refractivity contribution in [3.63, 3.8) is 0 Å². The summed E-state index contributed by atoms with van der Waals surface area (Å²) in [4.78, 5) is 19.4. The second-order valence-electron chi connectivity index (χ2n) is 2.40. The molecule has 108 valence electrons. The maximum atomic E-state index is 11.8. The van der Waals surface area contributed by atoms with Crippen LogP contribution in [0.5, 0.6) is 0 Å². The molecule has 0 saturated carbocycles. The molecule has 0 unspecified atom stereocenters. The zero-order valence-electron chi connectivity index (χ0n) is 9.33. The third-order valence-corrected chi connectivity index (χ3v) is 1.12. The average Bonchev–Trinajstić information content (AvgIpc) is 2.26. The number of ether oxygens (including phenoxy) is 3. The van der Waals surface area contributed by atoms with Crippen molar-refractivity contribution in [2.45, 2.75) is 19.5 Å². The molecule has 0 heterocycles. The summed E-state index contributed by atoms with van der Waals surface area (Å²) in [5.41, 5.74) is 0. The van der Waals surface area contributed by atoms with Crippen molar-refractivity contribution >= 4 is 12.3 Å². The van der Waals surface area contributed by atoms with Crippen molar-refractivity contribution in [3.05, 3.63) is 0 Å². The molecule has 0 spiro atoms. The van der Waals surface area contributed by atoms with Gasteiger partial charge in [0.1, 0.15) is 13.3 Å². The molecule has 0 amide bonds. The van der Waals surface area contributed by atoms with E-state index in [1.807, 2.05) is 0 Å². The maximum absolute atomic E-state index is 11.8. The first-order valence-electron chi connectivity index (χ1n) is 4.50. The smallest absolute Gasteiger partial charge is 0.450 e. The number of hydrogen-bond donors (Lipinski definition) is 1. The Labute approximate surface area is 99.4 Å². The predicted octanol–water partition coefficient (Wildman–Crippen LogP) is 2.72. The summed E-state index contributed by atoms with van der Waals surface area (Å²) in [5, 5.41) is 7.68. The first-order valence-corrected chi connectivity index (χ1v) is 4.50. The normalized spacial score (nSPS) is 9.83. The first kappa shape index (κ1) is 18.6. The Hall–Kier alpha value is -1.74. The van der Waals surface area contributed by atoms with Gasteiger partial charge in [-0.3, -0.25) is 0 Å². The molecule has 0 bridgehead atoms. The maximum Gasteiger partial charge on any atom is 0.510 e. The highest BCUT2D eigenvalue weighted by Crippen LogP contribution is 2.18. The largest absolute Gasteiger partial charge is 0.510 e. The van der Waals surface area contributed by atoms with E-state index in [9.17, 15) is 27.2 Å². The van der Waals surface area contributed by atoms with Crippen LogP contribution in [0, 0.1) is 0 Å². The van der Waals surface area contributed by atoms with Crippen molar-refractivity contribution in [2.24, 2.45) is 0 Å². The van der Waals surface area contributed by atoms with Gasteiger partial charge in [0.05, 0.1) is 0 Å². The van der Waals surface area contributed by atoms with E-state index in [-0.39, 0.29) is 0 Å². The van der Waals surface area contributed by atoms with Gasteiger partial charge in [-0.05, 0) is 0 Å². The van der Waals surface area contributed by atoms with E-state index in [2.05, 4.69) is 14.2 Å². The molecular formula is C8H12F4O6. The quantitative estimate of drug-likeness (QED) is 0.616. The molecule has 6 nitrogen and oxygen atoms in total. The molecule has 18 heavy (non-hydrogen) atoms. The molecule has 0 aromatic carbocycles. The van der Waals surface area contributed by atoms with E-state index < -0.39 is 45.0 Å². The summed E-state index contributed by atoms with van der Waals surface area (Å²) < 4.78 is 56.6. The molecule has 10 heteroatoms. The Morgan fingerprint density at radius 3 is 2.06 bits per heavy atom. The van der Waals surface area contributed by atoms with Gasteiger partial charge < -0.3 is 19.3 Å². The lowest BCUT2D eigenvalue weighted by Gasteiger charge is -2.10. The topological polar surface area (TPSA) is 82.1 Å². The summed E-state index contributed by atoms with van der Waals surface area (Å²) in [6, 6.07) is 0. The lowest BCUT2D eigenvalue weighted by Crippen LogP contribution is -2.22. The van der Waals surface area contributed by atoms with E-state index in [1.165, 1.54) is 0 Å². The van der Waals surface area contributed by atoms with Crippen LogP contribution in [0.15, 0.2) is 0 Å². The van der Waals surface area contributed by atoms with E-state index in [0.29, 0.717) is 0 Å². The van der Waals surface area contributed by atoms with Gasteiger partial charge in [0.2, 0.25) is 6.86 Å². The minimum absolute atomic E-state index is 0.390. The molecule has 1 N–H and O–H groups in total. The second-order valence-corrected chi connectivity index (χ2v) is 2.40. The minimum Gasteiger partial charge on any atom is -0.450 e. The summed E-state index contributed by atoms with van der Waals surface area (Å²) in [7, 11) is 0. The van der Waals surface area contributed by atoms with Crippen molar-refractivity contribution < 1.29 is 46.5 Å². The van der Waals surface area contributed by atoms with Crippen LogP contribution in [-0.2, 0) is 14.2 Å². The van der Waals surface area contributed by atoms with E-state index in [0.717, 1.165) is 6.92 Å². The molecule has 0 aromatic rings. The van der Waals surface area contributed by atoms with Gasteiger partial charge in [-0.15, -0.1) is 0 Å². The lowest BCUT2D eigenvalue weighted by molar-refractivity contribution is -0.208. The van der Waals surface area contributed by atoms with Crippen LogP contribution in [0.2, 0.25) is 0 Å². The highest BCUT2D eigenvalue weighted by molar-refractivity contribution is 5.59. The van der Waals surface area contributed by atoms with Gasteiger partial charge in [-0.1, -0.05) is 6.92 Å². The first-order chi connectivity index (χ1) is 8.29. The van der Waals surface area contributed by atoms with Gasteiger partial charge >= 0.3 is 18.4 Å². The molecular weight excluding hydrogens is 268 g/mol. The van der Waals surface area contributed by atoms with Crippen molar-refractivity contribution in [1.29, 1.82) is 0 Å². The monoisotopic (exact) mass is 280 g/mol. The third-order valence-electron chi connectivity index (χ3n) is 1.12. The Morgan fingerprint density at radius 1 is 1.22 bits per heavy atom. The van der Waals surface area contributed by atoms with Crippen molar-refractivity contribution in [3.8, 4) is 0 Å². The summed E-state index contributed by atoms with van der Waals surface area (Å²) in [6.07, 6.45) is -7.32. The summed E-state index contributed by atoms with van der Waals surface area (Å²) >= 11 is 0. The number of carbonyl (C=O) groups is 2. The third kappa shape index (κ3) is 14.3. The van der Waals surface area contributed by atoms with Gasteiger partial charge in [0, 0.05) is 6.42 Å². The Balaban J connectivity index is 0. The summed E-state index contributed by atoms with van der Waals surface area (Å²) in [6.45, 7) is -1.30. The van der Waals surface area contributed by atoms with Crippen LogP contribution in [0.25, 0.3) is 0 Å². The van der Waals surface area contributed by atoms with Crippen LogP contribution in [0.4, 0.5) is 27.2 Å². The molecule has 0 aromatic heterocycles. The van der Waals surface area contributed by atoms with E-state index in [1.54, 1.807) is 0 Å². The Morgan fingerprint density at radius 2 is 1.78 bits per heavy atom. The zero-order valence-corrected chi connectivity index (χ0v) is 9.33. The van der Waals surface area contributed by atoms with Gasteiger partial charge in [-0.25, -0.2) is 18.4 Å². The fraction of sp³-hybridized carbons (Fsp3) is 0.750. The van der Waals surface area contributed by atoms with Crippen LogP contribution in [0.1, 0.15) is 13.3 Å². The lowest BCUT2D eigenvalue weighted by atomic mass is 10.5. The number of alkyl halides is 4. The van der Waals surface area contributed by atoms with Crippen molar-refractivity contribution in [1.82, 2.24) is 0 Å². The SMILES string of the molecule is CCC(F)(F)OC(=O)O.O=C(OCF)OCCF. The van der Waals surface area contributed by atoms with E-state index in [4.69, 9.17) is 5.11 Å². The Kier molecular flexibility index (Phi) is 10.8. The molecule has 0 fully saturated rings.